The van der Waals surface area contributed by atoms with Crippen LogP contribution in [-0.4, -0.2) is 0 Å². The maximum atomic E-state index is 2.43. The van der Waals surface area contributed by atoms with E-state index in [0.29, 0.717) is 0 Å². The van der Waals surface area contributed by atoms with Gasteiger partial charge in [0.05, 0.1) is 0 Å². The third-order valence-corrected chi connectivity index (χ3v) is 12.4. The topological polar surface area (TPSA) is 0 Å². The van der Waals surface area contributed by atoms with E-state index in [-0.39, 0.29) is 0 Å². The summed E-state index contributed by atoms with van der Waals surface area (Å²) >= 11 is 0. The molecule has 0 amide bonds. The van der Waals surface area contributed by atoms with Crippen molar-refractivity contribution in [2.75, 3.05) is 0 Å². The summed E-state index contributed by atoms with van der Waals surface area (Å²) in [5, 5.41) is 17.9. The Balaban J connectivity index is 1.09. The van der Waals surface area contributed by atoms with Gasteiger partial charge in [-0.3, -0.25) is 0 Å². The Bertz CT molecular complexity index is 3380. The lowest BCUT2D eigenvalue weighted by molar-refractivity contribution is 1.61. The molecule has 0 saturated heterocycles. The quantitative estimate of drug-likeness (QED) is 0.158. The van der Waals surface area contributed by atoms with Gasteiger partial charge >= 0.3 is 0 Å². The summed E-state index contributed by atoms with van der Waals surface area (Å²) in [6, 6.07) is 80.9. The molecule has 58 heavy (non-hydrogen) atoms. The smallest absolute Gasteiger partial charge is 0.00139 e. The van der Waals surface area contributed by atoms with E-state index in [2.05, 4.69) is 218 Å². The number of benzene rings is 12. The standard InChI is InChI=1S/C58H36/c1-3-15-39-33-41(27-25-37(39)13-1)45-17-5-7-19-47(45)43-29-31-53-55(35-43)49-21-9-11-23-51(49)58-54-32-30-44(36-56(54)50-22-10-12-24-52(50)57(53)58)48-20-8-6-18-46(48)42-28-26-38-14-2-4-16-40(38)34-42/h1-36H. The molecule has 12 rings (SSSR count). The number of rotatable bonds is 4. The molecular weight excluding hydrogens is 697 g/mol. The molecule has 0 aliphatic carbocycles. The van der Waals surface area contributed by atoms with Gasteiger partial charge in [0, 0.05) is 0 Å². The minimum absolute atomic E-state index is 1.22. The Hall–Kier alpha value is -7.54. The highest BCUT2D eigenvalue weighted by Crippen LogP contribution is 2.46. The molecule has 0 saturated carbocycles. The second kappa shape index (κ2) is 13.0. The summed E-state index contributed by atoms with van der Waals surface area (Å²) in [5.41, 5.74) is 9.87. The van der Waals surface area contributed by atoms with E-state index in [0.717, 1.165) is 0 Å². The molecule has 0 radical (unpaired) electrons. The highest BCUT2D eigenvalue weighted by molar-refractivity contribution is 6.39. The first kappa shape index (κ1) is 32.7. The van der Waals surface area contributed by atoms with Gasteiger partial charge in [0.2, 0.25) is 0 Å². The molecule has 0 bridgehead atoms. The highest BCUT2D eigenvalue weighted by atomic mass is 14.2. The van der Waals surface area contributed by atoms with Gasteiger partial charge in [0.1, 0.15) is 0 Å². The van der Waals surface area contributed by atoms with E-state index in [4.69, 9.17) is 0 Å². The largest absolute Gasteiger partial charge is 0.0616 e. The number of fused-ring (bicyclic) bond motifs is 13. The number of hydrogen-bond donors (Lipinski definition) is 0. The fourth-order valence-corrected chi connectivity index (χ4v) is 9.69. The van der Waals surface area contributed by atoms with Gasteiger partial charge in [0.15, 0.2) is 0 Å². The zero-order chi connectivity index (χ0) is 38.2. The maximum absolute atomic E-state index is 2.43. The molecule has 0 N–H and O–H groups in total. The summed E-state index contributed by atoms with van der Waals surface area (Å²) < 4.78 is 0. The lowest BCUT2D eigenvalue weighted by Crippen LogP contribution is -1.91. The molecule has 0 aromatic heterocycles. The zero-order valence-corrected chi connectivity index (χ0v) is 31.8. The van der Waals surface area contributed by atoms with Crippen LogP contribution in [0.4, 0.5) is 0 Å². The predicted octanol–water partition coefficient (Wildman–Crippen LogP) is 16.4. The average Bonchev–Trinajstić information content (AvgIpc) is 3.30. The van der Waals surface area contributed by atoms with Gasteiger partial charge in [-0.15, -0.1) is 0 Å². The summed E-state index contributed by atoms with van der Waals surface area (Å²) in [6.45, 7) is 0. The van der Waals surface area contributed by atoms with Crippen molar-refractivity contribution in [1.29, 1.82) is 0 Å². The molecule has 0 atom stereocenters. The normalized spacial score (nSPS) is 11.8. The predicted molar refractivity (Wildman–Crippen MR) is 251 cm³/mol. The summed E-state index contributed by atoms with van der Waals surface area (Å²) in [6.07, 6.45) is 0. The second-order valence-corrected chi connectivity index (χ2v) is 15.6. The van der Waals surface area contributed by atoms with Crippen LogP contribution in [0.3, 0.4) is 0 Å². The van der Waals surface area contributed by atoms with Crippen molar-refractivity contribution in [2.45, 2.75) is 0 Å². The van der Waals surface area contributed by atoms with Crippen molar-refractivity contribution in [2.24, 2.45) is 0 Å². The van der Waals surface area contributed by atoms with Crippen LogP contribution < -0.4 is 0 Å². The van der Waals surface area contributed by atoms with Crippen molar-refractivity contribution < 1.29 is 0 Å². The summed E-state index contributed by atoms with van der Waals surface area (Å²) in [7, 11) is 0. The molecule has 0 heterocycles. The molecule has 268 valence electrons. The lowest BCUT2D eigenvalue weighted by atomic mass is 9.84. The molecular formula is C58H36. The SMILES string of the molecule is c1ccc(-c2ccc3c(c2)c2ccccc2c2c4ccc(-c5ccccc5-c5ccc6ccccc6c5)cc4c4ccccc4c32)c(-c2ccc3ccccc3c2)c1. The van der Waals surface area contributed by atoms with Gasteiger partial charge in [-0.05, 0) is 144 Å². The minimum Gasteiger partial charge on any atom is -0.0616 e. The van der Waals surface area contributed by atoms with Gasteiger partial charge in [-0.2, -0.15) is 0 Å². The Kier molecular flexibility index (Phi) is 7.33. The third kappa shape index (κ3) is 5.09. The first-order chi connectivity index (χ1) is 28.8. The van der Waals surface area contributed by atoms with Crippen LogP contribution in [0.2, 0.25) is 0 Å². The van der Waals surface area contributed by atoms with Crippen LogP contribution in [0.15, 0.2) is 218 Å². The molecule has 0 aliphatic rings. The Morgan fingerprint density at radius 3 is 0.879 bits per heavy atom. The molecule has 0 aliphatic heterocycles. The lowest BCUT2D eigenvalue weighted by Gasteiger charge is -2.19. The molecule has 0 fully saturated rings. The van der Waals surface area contributed by atoms with Crippen molar-refractivity contribution in [1.82, 2.24) is 0 Å². The minimum atomic E-state index is 1.22. The van der Waals surface area contributed by atoms with E-state index in [9.17, 15) is 0 Å². The van der Waals surface area contributed by atoms with E-state index < -0.39 is 0 Å². The fourth-order valence-electron chi connectivity index (χ4n) is 9.69. The molecule has 0 unspecified atom stereocenters. The van der Waals surface area contributed by atoms with Gasteiger partial charge < -0.3 is 0 Å². The van der Waals surface area contributed by atoms with E-state index in [1.165, 1.54) is 120 Å². The van der Waals surface area contributed by atoms with Crippen LogP contribution in [0.5, 0.6) is 0 Å². The van der Waals surface area contributed by atoms with Crippen LogP contribution in [0, 0.1) is 0 Å². The summed E-state index contributed by atoms with van der Waals surface area (Å²) in [5.74, 6) is 0. The van der Waals surface area contributed by atoms with Crippen molar-refractivity contribution >= 4 is 75.4 Å². The van der Waals surface area contributed by atoms with Gasteiger partial charge in [0.25, 0.3) is 0 Å². The van der Waals surface area contributed by atoms with Gasteiger partial charge in [-0.25, -0.2) is 0 Å². The molecule has 12 aromatic rings. The van der Waals surface area contributed by atoms with Crippen molar-refractivity contribution in [3.63, 3.8) is 0 Å². The van der Waals surface area contributed by atoms with Gasteiger partial charge in [-0.1, -0.05) is 194 Å². The first-order valence-electron chi connectivity index (χ1n) is 20.2. The Morgan fingerprint density at radius 1 is 0.172 bits per heavy atom. The third-order valence-electron chi connectivity index (χ3n) is 12.4. The monoisotopic (exact) mass is 732 g/mol. The van der Waals surface area contributed by atoms with Crippen LogP contribution in [0.1, 0.15) is 0 Å². The zero-order valence-electron chi connectivity index (χ0n) is 31.8. The van der Waals surface area contributed by atoms with Crippen LogP contribution >= 0.6 is 0 Å². The first-order valence-corrected chi connectivity index (χ1v) is 20.2. The molecule has 0 nitrogen and oxygen atoms in total. The summed E-state index contributed by atoms with van der Waals surface area (Å²) in [4.78, 5) is 0. The fraction of sp³-hybridized carbons (Fsp3) is 0. The second-order valence-electron chi connectivity index (χ2n) is 15.6. The Morgan fingerprint density at radius 2 is 0.466 bits per heavy atom. The van der Waals surface area contributed by atoms with E-state index in [1.54, 1.807) is 0 Å². The van der Waals surface area contributed by atoms with Crippen molar-refractivity contribution in [3.05, 3.63) is 218 Å². The Labute approximate surface area is 336 Å². The average molecular weight is 733 g/mol. The van der Waals surface area contributed by atoms with Crippen LogP contribution in [0.25, 0.3) is 120 Å². The molecule has 12 aromatic carbocycles. The van der Waals surface area contributed by atoms with Crippen LogP contribution in [-0.2, 0) is 0 Å². The van der Waals surface area contributed by atoms with E-state index in [1.807, 2.05) is 0 Å². The van der Waals surface area contributed by atoms with E-state index >= 15 is 0 Å². The molecule has 0 heteroatoms. The highest BCUT2D eigenvalue weighted by Gasteiger charge is 2.18. The maximum Gasteiger partial charge on any atom is -0.00139 e. The number of hydrogen-bond acceptors (Lipinski definition) is 0. The molecule has 0 spiro atoms. The van der Waals surface area contributed by atoms with Crippen molar-refractivity contribution in [3.8, 4) is 44.5 Å².